The molecule has 0 bridgehead atoms. The van der Waals surface area contributed by atoms with Gasteiger partial charge in [-0.05, 0) is 53.9 Å². The highest BCUT2D eigenvalue weighted by molar-refractivity contribution is 6.10. The van der Waals surface area contributed by atoms with Gasteiger partial charge in [-0.3, -0.25) is 9.89 Å². The SMILES string of the molecule is COc1ccc2c(c1)[C@]1(CC1c1ccc3c(-c4ccc(N5CCNCC5)nc4)n[nH]c3c1)C(=O)N2. The Balaban J connectivity index is 1.18. The molecule has 1 aliphatic carbocycles. The number of H-pyrrole nitrogens is 1. The summed E-state index contributed by atoms with van der Waals surface area (Å²) >= 11 is 0. The lowest BCUT2D eigenvalue weighted by molar-refractivity contribution is -0.118. The Kier molecular flexibility index (Phi) is 4.41. The van der Waals surface area contributed by atoms with E-state index in [2.05, 4.69) is 56.1 Å². The Morgan fingerprint density at radius 1 is 1.09 bits per heavy atom. The Morgan fingerprint density at radius 3 is 2.77 bits per heavy atom. The summed E-state index contributed by atoms with van der Waals surface area (Å²) < 4.78 is 5.42. The van der Waals surface area contributed by atoms with Gasteiger partial charge in [0.15, 0.2) is 0 Å². The van der Waals surface area contributed by atoms with E-state index in [-0.39, 0.29) is 11.8 Å². The highest BCUT2D eigenvalue weighted by Crippen LogP contribution is 2.65. The summed E-state index contributed by atoms with van der Waals surface area (Å²) in [5, 5.41) is 15.3. The Labute approximate surface area is 202 Å². The fourth-order valence-electron chi connectivity index (χ4n) is 5.78. The van der Waals surface area contributed by atoms with Crippen LogP contribution in [0, 0.1) is 0 Å². The maximum Gasteiger partial charge on any atom is 0.235 e. The van der Waals surface area contributed by atoms with Gasteiger partial charge in [-0.2, -0.15) is 5.10 Å². The van der Waals surface area contributed by atoms with E-state index < -0.39 is 5.41 Å². The van der Waals surface area contributed by atoms with Crippen LogP contribution >= 0.6 is 0 Å². The molecule has 35 heavy (non-hydrogen) atoms. The van der Waals surface area contributed by atoms with Crippen LogP contribution in [0.2, 0.25) is 0 Å². The second-order valence-electron chi connectivity index (χ2n) is 9.61. The number of nitrogens with one attached hydrogen (secondary N) is 3. The normalized spacial score (nSPS) is 22.9. The number of amides is 1. The number of anilines is 2. The summed E-state index contributed by atoms with van der Waals surface area (Å²) in [6.45, 7) is 3.91. The van der Waals surface area contributed by atoms with Crippen LogP contribution in [-0.2, 0) is 10.2 Å². The molecular formula is C27H26N6O2. The molecule has 1 spiro atoms. The van der Waals surface area contributed by atoms with Gasteiger partial charge in [-0.15, -0.1) is 0 Å². The second kappa shape index (κ2) is 7.55. The molecule has 8 heteroatoms. The van der Waals surface area contributed by atoms with Crippen LogP contribution in [-0.4, -0.2) is 54.4 Å². The van der Waals surface area contributed by atoms with Gasteiger partial charge >= 0.3 is 0 Å². The maximum atomic E-state index is 13.0. The zero-order valence-corrected chi connectivity index (χ0v) is 19.5. The summed E-state index contributed by atoms with van der Waals surface area (Å²) in [4.78, 5) is 20.0. The van der Waals surface area contributed by atoms with E-state index in [1.165, 1.54) is 0 Å². The van der Waals surface area contributed by atoms with Gasteiger partial charge in [0.1, 0.15) is 17.3 Å². The summed E-state index contributed by atoms with van der Waals surface area (Å²) in [5.41, 5.74) is 5.41. The molecule has 2 aromatic carbocycles. The number of methoxy groups -OCH3 is 1. The highest BCUT2D eigenvalue weighted by atomic mass is 16.5. The van der Waals surface area contributed by atoms with Gasteiger partial charge < -0.3 is 20.3 Å². The first kappa shape index (κ1) is 20.5. The molecule has 7 rings (SSSR count). The van der Waals surface area contributed by atoms with Crippen molar-refractivity contribution in [2.75, 3.05) is 43.5 Å². The largest absolute Gasteiger partial charge is 0.497 e. The summed E-state index contributed by atoms with van der Waals surface area (Å²) in [6, 6.07) is 16.4. The van der Waals surface area contributed by atoms with Crippen molar-refractivity contribution < 1.29 is 9.53 Å². The van der Waals surface area contributed by atoms with Crippen molar-refractivity contribution in [3.8, 4) is 17.0 Å². The molecule has 3 N–H and O–H groups in total. The van der Waals surface area contributed by atoms with E-state index in [1.807, 2.05) is 24.4 Å². The fourth-order valence-corrected chi connectivity index (χ4v) is 5.78. The molecule has 3 aliphatic rings. The average molecular weight is 467 g/mol. The first-order chi connectivity index (χ1) is 17.2. The third-order valence-corrected chi connectivity index (χ3v) is 7.77. The number of piperazine rings is 1. The number of benzene rings is 2. The van der Waals surface area contributed by atoms with E-state index in [0.29, 0.717) is 0 Å². The smallest absolute Gasteiger partial charge is 0.235 e. The van der Waals surface area contributed by atoms with Gasteiger partial charge in [0.2, 0.25) is 5.91 Å². The lowest BCUT2D eigenvalue weighted by Crippen LogP contribution is -2.43. The second-order valence-corrected chi connectivity index (χ2v) is 9.61. The van der Waals surface area contributed by atoms with Crippen LogP contribution in [0.25, 0.3) is 22.2 Å². The number of carbonyl (C=O) groups excluding carboxylic acids is 1. The average Bonchev–Trinajstić information content (AvgIpc) is 3.44. The van der Waals surface area contributed by atoms with Crippen molar-refractivity contribution in [1.82, 2.24) is 20.5 Å². The molecule has 1 saturated carbocycles. The highest BCUT2D eigenvalue weighted by Gasteiger charge is 2.65. The van der Waals surface area contributed by atoms with Crippen molar-refractivity contribution in [3.63, 3.8) is 0 Å². The van der Waals surface area contributed by atoms with Gasteiger partial charge in [-0.25, -0.2) is 4.98 Å². The minimum atomic E-state index is -0.510. The summed E-state index contributed by atoms with van der Waals surface area (Å²) in [7, 11) is 1.65. The molecule has 1 amide bonds. The molecule has 2 atom stereocenters. The number of rotatable bonds is 4. The molecule has 4 heterocycles. The third kappa shape index (κ3) is 3.06. The van der Waals surface area contributed by atoms with E-state index in [1.54, 1.807) is 7.11 Å². The topological polar surface area (TPSA) is 95.2 Å². The first-order valence-corrected chi connectivity index (χ1v) is 12.1. The van der Waals surface area contributed by atoms with E-state index in [4.69, 9.17) is 9.72 Å². The van der Waals surface area contributed by atoms with Crippen molar-refractivity contribution in [1.29, 1.82) is 0 Å². The lowest BCUT2D eigenvalue weighted by Gasteiger charge is -2.28. The molecular weight excluding hydrogens is 440 g/mol. The lowest BCUT2D eigenvalue weighted by atomic mass is 9.91. The number of hydrogen-bond acceptors (Lipinski definition) is 6. The fraction of sp³-hybridized carbons (Fsp3) is 0.296. The predicted molar refractivity (Wildman–Crippen MR) is 135 cm³/mol. The number of aromatic amines is 1. The molecule has 2 fully saturated rings. The molecule has 0 radical (unpaired) electrons. The van der Waals surface area contributed by atoms with Gasteiger partial charge in [0.25, 0.3) is 0 Å². The van der Waals surface area contributed by atoms with Crippen molar-refractivity contribution in [2.45, 2.75) is 17.8 Å². The first-order valence-electron chi connectivity index (χ1n) is 12.1. The van der Waals surface area contributed by atoms with Gasteiger partial charge in [-0.1, -0.05) is 12.1 Å². The summed E-state index contributed by atoms with van der Waals surface area (Å²) in [5.74, 6) is 1.98. The van der Waals surface area contributed by atoms with Crippen molar-refractivity contribution in [3.05, 3.63) is 65.9 Å². The Bertz CT molecular complexity index is 1460. The van der Waals surface area contributed by atoms with Crippen LogP contribution < -0.4 is 20.3 Å². The Hall–Kier alpha value is -3.91. The number of fused-ring (bicyclic) bond motifs is 3. The molecule has 1 saturated heterocycles. The quantitative estimate of drug-likeness (QED) is 0.427. The molecule has 2 aliphatic heterocycles. The van der Waals surface area contributed by atoms with E-state index in [0.717, 1.165) is 83.1 Å². The monoisotopic (exact) mass is 466 g/mol. The predicted octanol–water partition coefficient (Wildman–Crippen LogP) is 3.42. The van der Waals surface area contributed by atoms with Crippen LogP contribution in [0.4, 0.5) is 11.5 Å². The zero-order valence-electron chi connectivity index (χ0n) is 19.5. The van der Waals surface area contributed by atoms with Crippen LogP contribution in [0.15, 0.2) is 54.7 Å². The minimum absolute atomic E-state index is 0.0757. The van der Waals surface area contributed by atoms with E-state index >= 15 is 0 Å². The van der Waals surface area contributed by atoms with E-state index in [9.17, 15) is 4.79 Å². The van der Waals surface area contributed by atoms with Gasteiger partial charge in [0.05, 0.1) is 18.0 Å². The standard InChI is InChI=1S/C27H26N6O2/c1-35-18-4-6-22-20(13-18)27(26(34)30-22)14-21(27)16-2-5-19-23(12-16)31-32-25(19)17-3-7-24(29-15-17)33-10-8-28-9-11-33/h2-7,12-13,15,21,28H,8-11,14H2,1H3,(H,30,34)(H,31,32)/t21?,27-/m0/s1. The maximum absolute atomic E-state index is 13.0. The number of ether oxygens (including phenoxy) is 1. The number of pyridine rings is 1. The van der Waals surface area contributed by atoms with Crippen LogP contribution in [0.1, 0.15) is 23.5 Å². The molecule has 176 valence electrons. The minimum Gasteiger partial charge on any atom is -0.497 e. The number of aromatic nitrogens is 3. The zero-order chi connectivity index (χ0) is 23.6. The van der Waals surface area contributed by atoms with Crippen molar-refractivity contribution in [2.24, 2.45) is 0 Å². The van der Waals surface area contributed by atoms with Crippen LogP contribution in [0.3, 0.4) is 0 Å². The van der Waals surface area contributed by atoms with Crippen LogP contribution in [0.5, 0.6) is 5.75 Å². The Morgan fingerprint density at radius 2 is 1.97 bits per heavy atom. The number of nitrogens with zero attached hydrogens (tertiary/aromatic N) is 3. The third-order valence-electron chi connectivity index (χ3n) is 7.77. The van der Waals surface area contributed by atoms with Gasteiger partial charge in [0, 0.05) is 54.9 Å². The summed E-state index contributed by atoms with van der Waals surface area (Å²) in [6.07, 6.45) is 2.70. The van der Waals surface area contributed by atoms with Crippen molar-refractivity contribution >= 4 is 28.3 Å². The molecule has 4 aromatic rings. The number of hydrogen-bond donors (Lipinski definition) is 3. The molecule has 1 unspecified atom stereocenters. The number of carbonyl (C=O) groups is 1. The molecule has 2 aromatic heterocycles. The molecule has 8 nitrogen and oxygen atoms in total.